The Hall–Kier alpha value is -4.03. The van der Waals surface area contributed by atoms with E-state index in [1.165, 1.54) is 29.8 Å². The van der Waals surface area contributed by atoms with E-state index in [2.05, 4.69) is 25.5 Å². The number of fused-ring (bicyclic) bond motifs is 1. The minimum atomic E-state index is -4.63. The number of alkyl halides is 3. The van der Waals surface area contributed by atoms with Crippen LogP contribution in [0.2, 0.25) is 0 Å². The first kappa shape index (κ1) is 30.0. The van der Waals surface area contributed by atoms with Crippen molar-refractivity contribution in [3.8, 4) is 5.75 Å². The van der Waals surface area contributed by atoms with Gasteiger partial charge in [-0.1, -0.05) is 18.2 Å². The van der Waals surface area contributed by atoms with Crippen LogP contribution >= 0.6 is 11.3 Å². The number of ketones is 1. The van der Waals surface area contributed by atoms with Crippen molar-refractivity contribution in [3.05, 3.63) is 75.9 Å². The minimum absolute atomic E-state index is 0.217. The van der Waals surface area contributed by atoms with E-state index in [0.717, 1.165) is 42.3 Å². The zero-order valence-corrected chi connectivity index (χ0v) is 25.1. The normalized spacial score (nSPS) is 16.2. The molecule has 0 bridgehead atoms. The molecule has 2 aromatic carbocycles. The Bertz CT molecular complexity index is 1710. The van der Waals surface area contributed by atoms with Gasteiger partial charge in [0.05, 0.1) is 21.3 Å². The summed E-state index contributed by atoms with van der Waals surface area (Å²) >= 11 is 1.38. The highest BCUT2D eigenvalue weighted by Crippen LogP contribution is 2.38. The molecule has 1 aliphatic carbocycles. The maximum absolute atomic E-state index is 14.0. The number of carbonyl (C=O) groups is 2. The summed E-state index contributed by atoms with van der Waals surface area (Å²) in [5, 5.41) is 7.98. The van der Waals surface area contributed by atoms with Gasteiger partial charge in [0.1, 0.15) is 24.0 Å². The van der Waals surface area contributed by atoms with E-state index in [1.807, 2.05) is 7.05 Å². The number of thiophene rings is 1. The second-order valence-electron chi connectivity index (χ2n) is 11.5. The molecule has 2 aliphatic rings. The highest BCUT2D eigenvalue weighted by atomic mass is 32.1. The number of halogens is 3. The summed E-state index contributed by atoms with van der Waals surface area (Å²) in [7, 11) is 1.97. The third kappa shape index (κ3) is 6.71. The fourth-order valence-electron chi connectivity index (χ4n) is 5.24. The van der Waals surface area contributed by atoms with Crippen LogP contribution in [-0.4, -0.2) is 58.8 Å². The minimum Gasteiger partial charge on any atom is -0.490 e. The SMILES string of the molecule is Cc1ccc(C(=O)Cc2ccc(OC3CCN(C)CC3)c(C(F)(F)F)c2)cc1NC(=O)c1csc2c(NC3CC3)ncnc12. The third-order valence-corrected chi connectivity index (χ3v) is 8.97. The van der Waals surface area contributed by atoms with E-state index in [-0.39, 0.29) is 41.1 Å². The number of anilines is 2. The van der Waals surface area contributed by atoms with Crippen molar-refractivity contribution in [2.45, 2.75) is 57.3 Å². The molecule has 1 saturated heterocycles. The molecule has 3 heterocycles. The Morgan fingerprint density at radius 1 is 1.07 bits per heavy atom. The molecular weight excluding hydrogens is 591 g/mol. The number of carbonyl (C=O) groups excluding carboxylic acids is 2. The average molecular weight is 624 g/mol. The molecule has 0 atom stereocenters. The number of Topliss-reactive ketones (excluding diaryl/α,β-unsaturated/α-hetero) is 1. The summed E-state index contributed by atoms with van der Waals surface area (Å²) in [6, 6.07) is 9.07. The molecule has 4 aromatic rings. The lowest BCUT2D eigenvalue weighted by atomic mass is 9.99. The number of hydrogen-bond acceptors (Lipinski definition) is 8. The monoisotopic (exact) mass is 623 g/mol. The first-order chi connectivity index (χ1) is 21.0. The van der Waals surface area contributed by atoms with Crippen LogP contribution in [0.25, 0.3) is 10.2 Å². The van der Waals surface area contributed by atoms with E-state index in [9.17, 15) is 22.8 Å². The fraction of sp³-hybridized carbons (Fsp3) is 0.375. The number of likely N-dealkylation sites (tertiary alicyclic amines) is 1. The number of nitrogens with one attached hydrogen (secondary N) is 2. The van der Waals surface area contributed by atoms with E-state index in [1.54, 1.807) is 30.5 Å². The molecule has 230 valence electrons. The molecule has 2 fully saturated rings. The lowest BCUT2D eigenvalue weighted by molar-refractivity contribution is -0.139. The maximum Gasteiger partial charge on any atom is 0.419 e. The first-order valence-electron chi connectivity index (χ1n) is 14.5. The van der Waals surface area contributed by atoms with Crippen molar-refractivity contribution in [1.82, 2.24) is 14.9 Å². The molecule has 1 amide bonds. The van der Waals surface area contributed by atoms with E-state index < -0.39 is 11.7 Å². The van der Waals surface area contributed by atoms with Gasteiger partial charge in [-0.2, -0.15) is 13.2 Å². The van der Waals surface area contributed by atoms with Crippen molar-refractivity contribution < 1.29 is 27.5 Å². The van der Waals surface area contributed by atoms with Gasteiger partial charge in [0, 0.05) is 42.2 Å². The fourth-order valence-corrected chi connectivity index (χ4v) is 6.19. The number of piperidine rings is 1. The van der Waals surface area contributed by atoms with Gasteiger partial charge in [-0.05, 0) is 69.0 Å². The maximum atomic E-state index is 14.0. The topological polar surface area (TPSA) is 96.5 Å². The molecule has 0 spiro atoms. The number of rotatable bonds is 9. The van der Waals surface area contributed by atoms with Gasteiger partial charge in [0.2, 0.25) is 0 Å². The number of aromatic nitrogens is 2. The second-order valence-corrected chi connectivity index (χ2v) is 12.4. The number of ether oxygens (including phenoxy) is 1. The molecule has 2 N–H and O–H groups in total. The van der Waals surface area contributed by atoms with Gasteiger partial charge >= 0.3 is 6.18 Å². The molecule has 1 saturated carbocycles. The summed E-state index contributed by atoms with van der Waals surface area (Å²) in [6.07, 6.45) is -0.268. The molecule has 12 heteroatoms. The van der Waals surface area contributed by atoms with Crippen LogP contribution in [0.1, 0.15) is 63.1 Å². The van der Waals surface area contributed by atoms with Gasteiger partial charge in [0.25, 0.3) is 5.91 Å². The van der Waals surface area contributed by atoms with Crippen LogP contribution in [0.3, 0.4) is 0 Å². The Kier molecular flexibility index (Phi) is 8.30. The number of amides is 1. The summed E-state index contributed by atoms with van der Waals surface area (Å²) in [5.41, 5.74) is 1.71. The first-order valence-corrected chi connectivity index (χ1v) is 15.4. The van der Waals surface area contributed by atoms with Crippen LogP contribution in [0.5, 0.6) is 5.75 Å². The van der Waals surface area contributed by atoms with E-state index in [4.69, 9.17) is 4.74 Å². The van der Waals surface area contributed by atoms with Crippen molar-refractivity contribution in [2.75, 3.05) is 30.8 Å². The van der Waals surface area contributed by atoms with Crippen molar-refractivity contribution >= 4 is 44.7 Å². The largest absolute Gasteiger partial charge is 0.490 e. The van der Waals surface area contributed by atoms with Gasteiger partial charge < -0.3 is 20.3 Å². The summed E-state index contributed by atoms with van der Waals surface area (Å²) in [4.78, 5) is 37.3. The zero-order valence-electron chi connectivity index (χ0n) is 24.3. The molecular formula is C32H32F3N5O3S. The number of hydrogen-bond donors (Lipinski definition) is 2. The van der Waals surface area contributed by atoms with Gasteiger partial charge in [-0.25, -0.2) is 9.97 Å². The molecule has 0 radical (unpaired) electrons. The Morgan fingerprint density at radius 3 is 2.57 bits per heavy atom. The molecule has 44 heavy (non-hydrogen) atoms. The summed E-state index contributed by atoms with van der Waals surface area (Å²) in [5.74, 6) is -0.261. The van der Waals surface area contributed by atoms with Crippen LogP contribution in [0, 0.1) is 6.92 Å². The quantitative estimate of drug-likeness (QED) is 0.199. The van der Waals surface area contributed by atoms with E-state index in [0.29, 0.717) is 41.5 Å². The molecule has 2 aromatic heterocycles. The lowest BCUT2D eigenvalue weighted by Gasteiger charge is -2.30. The van der Waals surface area contributed by atoms with Crippen molar-refractivity contribution in [3.63, 3.8) is 0 Å². The highest BCUT2D eigenvalue weighted by Gasteiger charge is 2.36. The van der Waals surface area contributed by atoms with Crippen LogP contribution < -0.4 is 15.4 Å². The summed E-state index contributed by atoms with van der Waals surface area (Å²) < 4.78 is 48.6. The number of benzene rings is 2. The standard InChI is InChI=1S/C32H32F3N5O3S/c1-18-3-5-20(15-25(18)39-31(42)23-16-44-29-28(23)36-17-37-30(29)38-21-6-7-21)26(41)14-19-4-8-27(24(13-19)32(33,34)35)43-22-9-11-40(2)12-10-22/h3-5,8,13,15-17,21-22H,6-7,9-12,14H2,1-2H3,(H,39,42)(H,36,37,38). The predicted molar refractivity (Wildman–Crippen MR) is 164 cm³/mol. The Morgan fingerprint density at radius 2 is 1.84 bits per heavy atom. The third-order valence-electron chi connectivity index (χ3n) is 8.00. The molecule has 8 nitrogen and oxygen atoms in total. The van der Waals surface area contributed by atoms with Crippen LogP contribution in [-0.2, 0) is 12.6 Å². The Labute approximate surface area is 256 Å². The van der Waals surface area contributed by atoms with Gasteiger partial charge in [-0.3, -0.25) is 9.59 Å². The van der Waals surface area contributed by atoms with Crippen molar-refractivity contribution in [2.24, 2.45) is 0 Å². The zero-order chi connectivity index (χ0) is 31.0. The highest BCUT2D eigenvalue weighted by molar-refractivity contribution is 7.18. The van der Waals surface area contributed by atoms with Crippen LogP contribution in [0.15, 0.2) is 48.1 Å². The number of aryl methyl sites for hydroxylation is 1. The molecule has 6 rings (SSSR count). The van der Waals surface area contributed by atoms with Gasteiger partial charge in [-0.15, -0.1) is 11.3 Å². The number of nitrogens with zero attached hydrogens (tertiary/aromatic N) is 3. The van der Waals surface area contributed by atoms with Crippen LogP contribution in [0.4, 0.5) is 24.7 Å². The predicted octanol–water partition coefficient (Wildman–Crippen LogP) is 6.74. The Balaban J connectivity index is 1.17. The van der Waals surface area contributed by atoms with Crippen molar-refractivity contribution in [1.29, 1.82) is 0 Å². The van der Waals surface area contributed by atoms with E-state index >= 15 is 0 Å². The molecule has 1 aliphatic heterocycles. The summed E-state index contributed by atoms with van der Waals surface area (Å²) in [6.45, 7) is 3.32. The smallest absolute Gasteiger partial charge is 0.419 e. The van der Waals surface area contributed by atoms with Gasteiger partial charge in [0.15, 0.2) is 5.78 Å². The lowest BCUT2D eigenvalue weighted by Crippen LogP contribution is -2.36. The second kappa shape index (κ2) is 12.2. The average Bonchev–Trinajstić information content (AvgIpc) is 3.69. The molecule has 0 unspecified atom stereocenters.